The van der Waals surface area contributed by atoms with Crippen LogP contribution in [-0.4, -0.2) is 35.2 Å². The topological polar surface area (TPSA) is 105 Å². The number of carboxylic acids is 1. The van der Waals surface area contributed by atoms with E-state index in [1.54, 1.807) is 0 Å². The van der Waals surface area contributed by atoms with Crippen molar-refractivity contribution in [2.75, 3.05) is 0 Å². The van der Waals surface area contributed by atoms with E-state index >= 15 is 0 Å². The number of carbonyl (C=O) groups is 3. The fourth-order valence-corrected chi connectivity index (χ4v) is 1.99. The molecule has 0 aromatic heterocycles. The fourth-order valence-electron chi connectivity index (χ4n) is 1.99. The quantitative estimate of drug-likeness (QED) is 0.673. The molecule has 0 aliphatic carbocycles. The molecule has 132 valence electrons. The molecule has 0 saturated carbocycles. The number of ether oxygens (including phenoxy) is 1. The molecule has 1 rings (SSSR count). The third-order valence-corrected chi connectivity index (χ3v) is 3.26. The van der Waals surface area contributed by atoms with E-state index in [-0.39, 0.29) is 12.5 Å². The highest BCUT2D eigenvalue weighted by molar-refractivity contribution is 5.89. The van der Waals surface area contributed by atoms with Crippen molar-refractivity contribution in [2.45, 2.75) is 45.9 Å². The first-order valence-corrected chi connectivity index (χ1v) is 7.80. The zero-order chi connectivity index (χ0) is 18.1. The van der Waals surface area contributed by atoms with Gasteiger partial charge in [0.05, 0.1) is 0 Å². The summed E-state index contributed by atoms with van der Waals surface area (Å²) >= 11 is 0. The van der Waals surface area contributed by atoms with Gasteiger partial charge in [-0.2, -0.15) is 0 Å². The highest BCUT2D eigenvalue weighted by Crippen LogP contribution is 2.07. The van der Waals surface area contributed by atoms with E-state index in [1.165, 1.54) is 6.92 Å². The van der Waals surface area contributed by atoms with Crippen molar-refractivity contribution < 1.29 is 24.2 Å². The first-order valence-electron chi connectivity index (χ1n) is 7.80. The average molecular weight is 336 g/mol. The maximum Gasteiger partial charge on any atom is 0.408 e. The molecular formula is C17H24N2O5. The lowest BCUT2D eigenvalue weighted by Crippen LogP contribution is -2.51. The molecular weight excluding hydrogens is 312 g/mol. The Morgan fingerprint density at radius 3 is 2.25 bits per heavy atom. The summed E-state index contributed by atoms with van der Waals surface area (Å²) in [4.78, 5) is 34.9. The Balaban J connectivity index is 2.59. The van der Waals surface area contributed by atoms with Crippen molar-refractivity contribution in [2.24, 2.45) is 5.92 Å². The molecule has 0 aliphatic rings. The maximum atomic E-state index is 12.2. The van der Waals surface area contributed by atoms with E-state index in [4.69, 9.17) is 9.84 Å². The summed E-state index contributed by atoms with van der Waals surface area (Å²) in [5, 5.41) is 13.7. The Labute approximate surface area is 141 Å². The van der Waals surface area contributed by atoms with Gasteiger partial charge in [-0.05, 0) is 24.8 Å². The second kappa shape index (κ2) is 9.54. The molecule has 2 amide bonds. The summed E-state index contributed by atoms with van der Waals surface area (Å²) in [5.41, 5.74) is 0.831. The van der Waals surface area contributed by atoms with E-state index in [0.29, 0.717) is 6.42 Å². The number of nitrogens with one attached hydrogen (secondary N) is 2. The zero-order valence-corrected chi connectivity index (χ0v) is 14.1. The second-order valence-corrected chi connectivity index (χ2v) is 5.96. The van der Waals surface area contributed by atoms with Crippen molar-refractivity contribution >= 4 is 18.0 Å². The number of alkyl carbamates (subject to hydrolysis) is 1. The van der Waals surface area contributed by atoms with Crippen LogP contribution in [0.2, 0.25) is 0 Å². The summed E-state index contributed by atoms with van der Waals surface area (Å²) in [6, 6.07) is 7.28. The summed E-state index contributed by atoms with van der Waals surface area (Å²) in [5.74, 6) is -1.55. The Morgan fingerprint density at radius 1 is 1.08 bits per heavy atom. The van der Waals surface area contributed by atoms with Crippen molar-refractivity contribution in [3.63, 3.8) is 0 Å². The lowest BCUT2D eigenvalue weighted by Gasteiger charge is -2.21. The molecule has 7 nitrogen and oxygen atoms in total. The van der Waals surface area contributed by atoms with Crippen molar-refractivity contribution in [3.05, 3.63) is 35.9 Å². The molecule has 0 heterocycles. The lowest BCUT2D eigenvalue weighted by molar-refractivity contribution is -0.141. The van der Waals surface area contributed by atoms with Gasteiger partial charge in [0.15, 0.2) is 0 Å². The smallest absolute Gasteiger partial charge is 0.408 e. The second-order valence-electron chi connectivity index (χ2n) is 5.96. The third-order valence-electron chi connectivity index (χ3n) is 3.26. The van der Waals surface area contributed by atoms with Gasteiger partial charge in [-0.25, -0.2) is 4.79 Å². The van der Waals surface area contributed by atoms with Crippen molar-refractivity contribution in [1.82, 2.24) is 10.6 Å². The van der Waals surface area contributed by atoms with E-state index < -0.39 is 30.1 Å². The maximum absolute atomic E-state index is 12.2. The van der Waals surface area contributed by atoms with Crippen LogP contribution < -0.4 is 10.6 Å². The molecule has 0 bridgehead atoms. The number of aliphatic carboxylic acids is 1. The van der Waals surface area contributed by atoms with Gasteiger partial charge in [0.2, 0.25) is 5.91 Å². The number of hydrogen-bond donors (Lipinski definition) is 3. The number of benzene rings is 1. The van der Waals surface area contributed by atoms with Gasteiger partial charge in [0.25, 0.3) is 0 Å². The van der Waals surface area contributed by atoms with E-state index in [1.807, 2.05) is 44.2 Å². The third kappa shape index (κ3) is 7.13. The molecule has 2 atom stereocenters. The van der Waals surface area contributed by atoms with Gasteiger partial charge < -0.3 is 20.5 Å². The molecule has 7 heteroatoms. The molecule has 0 fully saturated rings. The van der Waals surface area contributed by atoms with Crippen molar-refractivity contribution in [3.8, 4) is 0 Å². The molecule has 0 aliphatic heterocycles. The number of hydrogen-bond acceptors (Lipinski definition) is 4. The molecule has 24 heavy (non-hydrogen) atoms. The Bertz CT molecular complexity index is 559. The van der Waals surface area contributed by atoms with Gasteiger partial charge >= 0.3 is 12.1 Å². The van der Waals surface area contributed by atoms with Crippen LogP contribution in [0.4, 0.5) is 4.79 Å². The van der Waals surface area contributed by atoms with E-state index in [0.717, 1.165) is 5.56 Å². The number of amides is 2. The minimum absolute atomic E-state index is 0.0915. The van der Waals surface area contributed by atoms with Crippen LogP contribution >= 0.6 is 0 Å². The summed E-state index contributed by atoms with van der Waals surface area (Å²) in [6.07, 6.45) is -0.346. The molecule has 1 aromatic carbocycles. The van der Waals surface area contributed by atoms with E-state index in [9.17, 15) is 14.4 Å². The SMILES string of the molecule is CC(C)C[C@H](NC(=O)OCc1ccccc1)C(=O)N[C@H](C)C(=O)O. The zero-order valence-electron chi connectivity index (χ0n) is 14.1. The lowest BCUT2D eigenvalue weighted by atomic mass is 10.0. The molecule has 0 radical (unpaired) electrons. The molecule has 0 spiro atoms. The van der Waals surface area contributed by atoms with Crippen LogP contribution in [0.3, 0.4) is 0 Å². The normalized spacial score (nSPS) is 13.0. The van der Waals surface area contributed by atoms with Crippen LogP contribution in [-0.2, 0) is 20.9 Å². The Hall–Kier alpha value is -2.57. The molecule has 0 unspecified atom stereocenters. The fraction of sp³-hybridized carbons (Fsp3) is 0.471. The predicted octanol–water partition coefficient (Wildman–Crippen LogP) is 1.92. The van der Waals surface area contributed by atoms with Gasteiger partial charge in [0.1, 0.15) is 18.7 Å². The van der Waals surface area contributed by atoms with Crippen LogP contribution in [0.25, 0.3) is 0 Å². The average Bonchev–Trinajstić information content (AvgIpc) is 2.52. The minimum atomic E-state index is -1.14. The number of carboxylic acid groups (broad SMARTS) is 1. The van der Waals surface area contributed by atoms with Gasteiger partial charge in [0, 0.05) is 0 Å². The first kappa shape index (κ1) is 19.5. The number of rotatable bonds is 8. The van der Waals surface area contributed by atoms with Crippen LogP contribution in [0.15, 0.2) is 30.3 Å². The summed E-state index contributed by atoms with van der Waals surface area (Å²) in [7, 11) is 0. The monoisotopic (exact) mass is 336 g/mol. The Morgan fingerprint density at radius 2 is 1.71 bits per heavy atom. The molecule has 1 aromatic rings. The minimum Gasteiger partial charge on any atom is -0.480 e. The van der Waals surface area contributed by atoms with Gasteiger partial charge in [-0.3, -0.25) is 9.59 Å². The first-order chi connectivity index (χ1) is 11.3. The summed E-state index contributed by atoms with van der Waals surface area (Å²) < 4.78 is 5.10. The van der Waals surface area contributed by atoms with Crippen molar-refractivity contribution in [1.29, 1.82) is 0 Å². The van der Waals surface area contributed by atoms with Gasteiger partial charge in [-0.1, -0.05) is 44.2 Å². The van der Waals surface area contributed by atoms with Crippen LogP contribution in [0, 0.1) is 5.92 Å². The van der Waals surface area contributed by atoms with Crippen LogP contribution in [0.1, 0.15) is 32.8 Å². The van der Waals surface area contributed by atoms with Crippen LogP contribution in [0.5, 0.6) is 0 Å². The Kier molecular flexibility index (Phi) is 7.74. The van der Waals surface area contributed by atoms with E-state index in [2.05, 4.69) is 10.6 Å². The standard InChI is InChI=1S/C17H24N2O5/c1-11(2)9-14(15(20)18-12(3)16(21)22)19-17(23)24-10-13-7-5-4-6-8-13/h4-8,11-12,14H,9-10H2,1-3H3,(H,18,20)(H,19,23)(H,21,22)/t12-,14+/m1/s1. The number of carbonyl (C=O) groups excluding carboxylic acids is 2. The highest BCUT2D eigenvalue weighted by atomic mass is 16.5. The summed E-state index contributed by atoms with van der Waals surface area (Å²) in [6.45, 7) is 5.25. The molecule has 3 N–H and O–H groups in total. The predicted molar refractivity (Wildman–Crippen MR) is 88.2 cm³/mol. The largest absolute Gasteiger partial charge is 0.480 e. The van der Waals surface area contributed by atoms with Gasteiger partial charge in [-0.15, -0.1) is 0 Å². The highest BCUT2D eigenvalue weighted by Gasteiger charge is 2.25. The molecule has 0 saturated heterocycles.